The number of fused-ring (bicyclic) bond motifs is 1. The van der Waals surface area contributed by atoms with Gasteiger partial charge in [0.25, 0.3) is 5.91 Å². The maximum Gasteiger partial charge on any atom is 0.328 e. The molecule has 172 valence electrons. The van der Waals surface area contributed by atoms with Gasteiger partial charge < -0.3 is 10.6 Å². The Morgan fingerprint density at radius 3 is 2.15 bits per heavy atom. The average molecular weight is 536 g/mol. The summed E-state index contributed by atoms with van der Waals surface area (Å²) in [6.45, 7) is 0. The van der Waals surface area contributed by atoms with Gasteiger partial charge in [-0.1, -0.05) is 52.5 Å². The summed E-state index contributed by atoms with van der Waals surface area (Å²) in [5.41, 5.74) is 3.69. The number of anilines is 2. The molecule has 3 N–H and O–H groups in total. The lowest BCUT2D eigenvalue weighted by atomic mass is 10.2. The summed E-state index contributed by atoms with van der Waals surface area (Å²) >= 11 is 23.9. The number of aromatic nitrogens is 1. The van der Waals surface area contributed by atoms with Gasteiger partial charge in [-0.15, -0.1) is 0 Å². The SMILES string of the molecule is O=C(Nc1cccc(Cl)c1)C(=O)Nn1c(C(=O)Nc2ccc(Cl)c(Cl)c2)cc2cc(Cl)ccc21. The minimum atomic E-state index is -1.00. The van der Waals surface area contributed by atoms with Crippen molar-refractivity contribution in [3.63, 3.8) is 0 Å². The Labute approximate surface area is 213 Å². The second-order valence-corrected chi connectivity index (χ2v) is 8.74. The molecular weight excluding hydrogens is 522 g/mol. The minimum absolute atomic E-state index is 0.0484. The summed E-state index contributed by atoms with van der Waals surface area (Å²) in [5, 5.41) is 7.14. The van der Waals surface area contributed by atoms with Gasteiger partial charge in [0.2, 0.25) is 0 Å². The molecule has 0 unspecified atom stereocenters. The van der Waals surface area contributed by atoms with E-state index in [1.807, 2.05) is 0 Å². The zero-order chi connectivity index (χ0) is 24.4. The molecule has 4 aromatic rings. The van der Waals surface area contributed by atoms with Crippen LogP contribution in [0, 0.1) is 0 Å². The molecule has 0 atom stereocenters. The fourth-order valence-corrected chi connectivity index (χ4v) is 3.82. The van der Waals surface area contributed by atoms with E-state index in [9.17, 15) is 14.4 Å². The number of halogens is 4. The fraction of sp³-hybridized carbons (Fsp3) is 0. The highest BCUT2D eigenvalue weighted by Crippen LogP contribution is 2.27. The molecule has 0 radical (unpaired) electrons. The molecule has 7 nitrogen and oxygen atoms in total. The van der Waals surface area contributed by atoms with E-state index >= 15 is 0 Å². The number of rotatable bonds is 4. The highest BCUT2D eigenvalue weighted by Gasteiger charge is 2.21. The van der Waals surface area contributed by atoms with Crippen molar-refractivity contribution in [1.82, 2.24) is 4.68 Å². The minimum Gasteiger partial charge on any atom is -0.321 e. The molecule has 1 aromatic heterocycles. The Balaban J connectivity index is 1.63. The predicted octanol–water partition coefficient (Wildman–Crippen LogP) is 6.22. The number of benzene rings is 3. The highest BCUT2D eigenvalue weighted by atomic mass is 35.5. The molecule has 0 aliphatic heterocycles. The van der Waals surface area contributed by atoms with Crippen LogP contribution in [0.25, 0.3) is 10.9 Å². The van der Waals surface area contributed by atoms with E-state index in [1.165, 1.54) is 28.9 Å². The Morgan fingerprint density at radius 2 is 1.41 bits per heavy atom. The van der Waals surface area contributed by atoms with Gasteiger partial charge in [0.05, 0.1) is 15.6 Å². The van der Waals surface area contributed by atoms with Crippen LogP contribution in [0.5, 0.6) is 0 Å². The van der Waals surface area contributed by atoms with Crippen molar-refractivity contribution in [2.75, 3.05) is 16.1 Å². The van der Waals surface area contributed by atoms with E-state index < -0.39 is 17.7 Å². The van der Waals surface area contributed by atoms with Crippen molar-refractivity contribution in [3.8, 4) is 0 Å². The van der Waals surface area contributed by atoms with E-state index in [-0.39, 0.29) is 10.7 Å². The number of amides is 3. The van der Waals surface area contributed by atoms with Crippen LogP contribution in [0.3, 0.4) is 0 Å². The molecular formula is C23H14Cl4N4O3. The Morgan fingerprint density at radius 1 is 0.676 bits per heavy atom. The van der Waals surface area contributed by atoms with Crippen molar-refractivity contribution in [3.05, 3.63) is 92.5 Å². The molecule has 34 heavy (non-hydrogen) atoms. The normalized spacial score (nSPS) is 10.7. The number of carbonyl (C=O) groups excluding carboxylic acids is 3. The van der Waals surface area contributed by atoms with Crippen LogP contribution in [0.15, 0.2) is 66.7 Å². The highest BCUT2D eigenvalue weighted by molar-refractivity contribution is 6.43. The second kappa shape index (κ2) is 9.95. The predicted molar refractivity (Wildman–Crippen MR) is 136 cm³/mol. The zero-order valence-corrected chi connectivity index (χ0v) is 20.1. The quantitative estimate of drug-likeness (QED) is 0.271. The standard InChI is InChI=1S/C23H14Cl4N4O3/c24-13-2-1-3-15(10-13)29-22(33)23(34)30-31-19-7-4-14(25)8-12(19)9-20(31)21(32)28-16-5-6-17(26)18(27)11-16/h1-11H,(H,28,32)(H,29,33)(H,30,34). The van der Waals surface area contributed by atoms with Gasteiger partial charge in [-0.05, 0) is 60.7 Å². The van der Waals surface area contributed by atoms with Gasteiger partial charge in [0, 0.05) is 26.8 Å². The van der Waals surface area contributed by atoms with Crippen molar-refractivity contribution < 1.29 is 14.4 Å². The maximum absolute atomic E-state index is 13.1. The molecule has 0 saturated carbocycles. The first-order chi connectivity index (χ1) is 16.2. The van der Waals surface area contributed by atoms with Gasteiger partial charge >= 0.3 is 11.8 Å². The van der Waals surface area contributed by atoms with E-state index in [4.69, 9.17) is 46.4 Å². The summed E-state index contributed by atoms with van der Waals surface area (Å²) in [7, 11) is 0. The number of hydrogen-bond donors (Lipinski definition) is 3. The third kappa shape index (κ3) is 5.29. The molecule has 0 saturated heterocycles. The van der Waals surface area contributed by atoms with Crippen LogP contribution in [0.4, 0.5) is 11.4 Å². The molecule has 1 heterocycles. The number of carbonyl (C=O) groups is 3. The molecule has 4 rings (SSSR count). The van der Waals surface area contributed by atoms with Crippen LogP contribution in [0.2, 0.25) is 20.1 Å². The van der Waals surface area contributed by atoms with Crippen molar-refractivity contribution >= 4 is 86.4 Å². The fourth-order valence-electron chi connectivity index (χ4n) is 3.15. The Bertz CT molecular complexity index is 1450. The first-order valence-corrected chi connectivity index (χ1v) is 11.2. The maximum atomic E-state index is 13.1. The lowest BCUT2D eigenvalue weighted by Gasteiger charge is -2.13. The van der Waals surface area contributed by atoms with Crippen LogP contribution in [-0.2, 0) is 9.59 Å². The van der Waals surface area contributed by atoms with E-state index in [0.717, 1.165) is 0 Å². The lowest BCUT2D eigenvalue weighted by molar-refractivity contribution is -0.133. The van der Waals surface area contributed by atoms with Crippen LogP contribution in [-0.4, -0.2) is 22.4 Å². The number of hydrogen-bond acceptors (Lipinski definition) is 3. The van der Waals surface area contributed by atoms with Gasteiger partial charge in [-0.2, -0.15) is 0 Å². The smallest absolute Gasteiger partial charge is 0.321 e. The largest absolute Gasteiger partial charge is 0.328 e. The molecule has 3 aromatic carbocycles. The van der Waals surface area contributed by atoms with Crippen molar-refractivity contribution in [2.24, 2.45) is 0 Å². The number of nitrogens with one attached hydrogen (secondary N) is 3. The van der Waals surface area contributed by atoms with Gasteiger partial charge in [0.15, 0.2) is 0 Å². The van der Waals surface area contributed by atoms with Gasteiger partial charge in [-0.3, -0.25) is 19.8 Å². The summed E-state index contributed by atoms with van der Waals surface area (Å²) in [5.74, 6) is -2.52. The molecule has 0 fully saturated rings. The lowest BCUT2D eigenvalue weighted by Crippen LogP contribution is -2.36. The molecule has 0 bridgehead atoms. The summed E-state index contributed by atoms with van der Waals surface area (Å²) in [4.78, 5) is 38.2. The topological polar surface area (TPSA) is 92.2 Å². The zero-order valence-electron chi connectivity index (χ0n) is 17.0. The first-order valence-electron chi connectivity index (χ1n) is 9.66. The molecule has 3 amide bonds. The monoisotopic (exact) mass is 534 g/mol. The van der Waals surface area contributed by atoms with Gasteiger partial charge in [-0.25, -0.2) is 4.68 Å². The van der Waals surface area contributed by atoms with E-state index in [1.54, 1.807) is 42.5 Å². The molecule has 11 heteroatoms. The van der Waals surface area contributed by atoms with Crippen LogP contribution in [0.1, 0.15) is 10.5 Å². The summed E-state index contributed by atoms with van der Waals surface area (Å²) in [6, 6.07) is 17.3. The molecule has 0 spiro atoms. The van der Waals surface area contributed by atoms with E-state index in [0.29, 0.717) is 37.3 Å². The van der Waals surface area contributed by atoms with Crippen LogP contribution >= 0.6 is 46.4 Å². The summed E-state index contributed by atoms with van der Waals surface area (Å²) < 4.78 is 1.21. The van der Waals surface area contributed by atoms with E-state index in [2.05, 4.69) is 16.1 Å². The number of nitrogens with zero attached hydrogens (tertiary/aromatic N) is 1. The summed E-state index contributed by atoms with van der Waals surface area (Å²) in [6.07, 6.45) is 0. The Hall–Kier alpha value is -3.23. The van der Waals surface area contributed by atoms with Crippen LogP contribution < -0.4 is 16.1 Å². The average Bonchev–Trinajstić information content (AvgIpc) is 3.13. The van der Waals surface area contributed by atoms with Gasteiger partial charge in [0.1, 0.15) is 5.69 Å². The molecule has 0 aliphatic rings. The van der Waals surface area contributed by atoms with Crippen molar-refractivity contribution in [2.45, 2.75) is 0 Å². The Kier molecular flexibility index (Phi) is 7.00. The third-order valence-corrected chi connectivity index (χ3v) is 5.88. The molecule has 0 aliphatic carbocycles. The van der Waals surface area contributed by atoms with Crippen molar-refractivity contribution in [1.29, 1.82) is 0 Å². The first kappa shape index (κ1) is 23.9. The second-order valence-electron chi connectivity index (χ2n) is 7.06. The third-order valence-electron chi connectivity index (χ3n) is 4.68.